The Kier molecular flexibility index (Phi) is 4.25. The third kappa shape index (κ3) is 3.26. The first-order chi connectivity index (χ1) is 8.69. The van der Waals surface area contributed by atoms with Gasteiger partial charge < -0.3 is 9.47 Å². The first-order valence-corrected chi connectivity index (χ1v) is 6.04. The van der Waals surface area contributed by atoms with Crippen molar-refractivity contribution in [3.63, 3.8) is 0 Å². The van der Waals surface area contributed by atoms with E-state index in [4.69, 9.17) is 9.47 Å². The van der Waals surface area contributed by atoms with Gasteiger partial charge in [-0.25, -0.2) is 9.78 Å². The summed E-state index contributed by atoms with van der Waals surface area (Å²) in [5, 5.41) is 0. The van der Waals surface area contributed by atoms with Crippen LogP contribution in [0.15, 0.2) is 18.3 Å². The smallest absolute Gasteiger partial charge is 0.338 e. The lowest BCUT2D eigenvalue weighted by molar-refractivity contribution is -0.0149. The Balaban J connectivity index is 1.95. The molecule has 0 spiro atoms. The molecule has 1 aromatic rings. The third-order valence-corrected chi connectivity index (χ3v) is 3.15. The number of methoxy groups -OCH3 is 1. The Morgan fingerprint density at radius 3 is 2.94 bits per heavy atom. The average Bonchev–Trinajstić information content (AvgIpc) is 2.39. The maximum Gasteiger partial charge on any atom is 0.338 e. The summed E-state index contributed by atoms with van der Waals surface area (Å²) < 4.78 is 23.5. The number of carbonyl (C=O) groups is 1. The molecule has 18 heavy (non-hydrogen) atoms. The van der Waals surface area contributed by atoms with Gasteiger partial charge in [0.05, 0.1) is 11.7 Å². The summed E-state index contributed by atoms with van der Waals surface area (Å²) >= 11 is 0. The van der Waals surface area contributed by atoms with Crippen LogP contribution in [0, 0.1) is 5.95 Å². The molecule has 5 heteroatoms. The number of hydrogen-bond acceptors (Lipinski definition) is 4. The summed E-state index contributed by atoms with van der Waals surface area (Å²) in [4.78, 5) is 15.2. The van der Waals surface area contributed by atoms with Gasteiger partial charge in [-0.1, -0.05) is 0 Å². The van der Waals surface area contributed by atoms with Crippen LogP contribution in [-0.4, -0.2) is 30.3 Å². The van der Waals surface area contributed by atoms with Crippen molar-refractivity contribution in [2.45, 2.75) is 37.9 Å². The largest absolute Gasteiger partial charge is 0.459 e. The second-order valence-corrected chi connectivity index (χ2v) is 4.42. The number of carbonyl (C=O) groups excluding carboxylic acids is 1. The SMILES string of the molecule is COC1CCCC(OC(=O)c2ccnc(F)c2)C1. The number of aromatic nitrogens is 1. The molecule has 0 aliphatic heterocycles. The highest BCUT2D eigenvalue weighted by Gasteiger charge is 2.25. The molecule has 4 nitrogen and oxygen atoms in total. The van der Waals surface area contributed by atoms with Crippen molar-refractivity contribution in [1.82, 2.24) is 4.98 Å². The molecule has 1 aliphatic rings. The van der Waals surface area contributed by atoms with Gasteiger partial charge >= 0.3 is 5.97 Å². The minimum absolute atomic E-state index is 0.144. The molecule has 1 saturated carbocycles. The Morgan fingerprint density at radius 2 is 2.22 bits per heavy atom. The van der Waals surface area contributed by atoms with E-state index in [1.807, 2.05) is 0 Å². The monoisotopic (exact) mass is 253 g/mol. The van der Waals surface area contributed by atoms with Crippen molar-refractivity contribution in [3.05, 3.63) is 29.8 Å². The van der Waals surface area contributed by atoms with Crippen LogP contribution < -0.4 is 0 Å². The molecular formula is C13H16FNO3. The summed E-state index contributed by atoms with van der Waals surface area (Å²) in [6.07, 6.45) is 4.76. The molecule has 1 aliphatic carbocycles. The Labute approximate surface area is 105 Å². The molecule has 0 aromatic carbocycles. The minimum atomic E-state index is -0.678. The first kappa shape index (κ1) is 13.0. The van der Waals surface area contributed by atoms with E-state index in [9.17, 15) is 9.18 Å². The molecule has 1 aromatic heterocycles. The number of nitrogens with zero attached hydrogens (tertiary/aromatic N) is 1. The molecule has 98 valence electrons. The maximum absolute atomic E-state index is 12.9. The summed E-state index contributed by atoms with van der Waals surface area (Å²) in [6, 6.07) is 2.53. The number of pyridine rings is 1. The average molecular weight is 253 g/mol. The van der Waals surface area contributed by atoms with E-state index in [0.29, 0.717) is 6.42 Å². The van der Waals surface area contributed by atoms with Crippen molar-refractivity contribution in [1.29, 1.82) is 0 Å². The predicted octanol–water partition coefficient (Wildman–Crippen LogP) is 2.34. The minimum Gasteiger partial charge on any atom is -0.459 e. The fourth-order valence-electron chi connectivity index (χ4n) is 2.17. The molecule has 0 N–H and O–H groups in total. The van der Waals surface area contributed by atoms with Crippen molar-refractivity contribution in [2.24, 2.45) is 0 Å². The van der Waals surface area contributed by atoms with E-state index in [2.05, 4.69) is 4.98 Å². The van der Waals surface area contributed by atoms with E-state index >= 15 is 0 Å². The zero-order chi connectivity index (χ0) is 13.0. The fourth-order valence-corrected chi connectivity index (χ4v) is 2.17. The zero-order valence-corrected chi connectivity index (χ0v) is 10.3. The molecule has 0 bridgehead atoms. The number of ether oxygens (including phenoxy) is 2. The number of hydrogen-bond donors (Lipinski definition) is 0. The number of esters is 1. The van der Waals surface area contributed by atoms with Crippen LogP contribution in [0.2, 0.25) is 0 Å². The Hall–Kier alpha value is -1.49. The van der Waals surface area contributed by atoms with Crippen molar-refractivity contribution < 1.29 is 18.7 Å². The van der Waals surface area contributed by atoms with Gasteiger partial charge in [0.1, 0.15) is 6.10 Å². The second kappa shape index (κ2) is 5.91. The highest BCUT2D eigenvalue weighted by atomic mass is 19.1. The van der Waals surface area contributed by atoms with Crippen LogP contribution in [0.4, 0.5) is 4.39 Å². The molecule has 2 atom stereocenters. The molecule has 1 fully saturated rings. The highest BCUT2D eigenvalue weighted by Crippen LogP contribution is 2.23. The lowest BCUT2D eigenvalue weighted by Crippen LogP contribution is -2.29. The van der Waals surface area contributed by atoms with E-state index in [1.165, 1.54) is 12.3 Å². The molecule has 0 amide bonds. The predicted molar refractivity (Wildman–Crippen MR) is 62.7 cm³/mol. The standard InChI is InChI=1S/C13H16FNO3/c1-17-10-3-2-4-11(8-10)18-13(16)9-5-6-15-12(14)7-9/h5-7,10-11H,2-4,8H2,1H3. The van der Waals surface area contributed by atoms with Gasteiger partial charge in [0.25, 0.3) is 0 Å². The van der Waals surface area contributed by atoms with Crippen LogP contribution >= 0.6 is 0 Å². The quantitative estimate of drug-likeness (QED) is 0.612. The number of rotatable bonds is 3. The summed E-state index contributed by atoms with van der Waals surface area (Å²) in [5.74, 6) is -1.18. The van der Waals surface area contributed by atoms with E-state index in [0.717, 1.165) is 25.3 Å². The first-order valence-electron chi connectivity index (χ1n) is 6.04. The van der Waals surface area contributed by atoms with Gasteiger partial charge in [-0.05, 0) is 25.3 Å². The summed E-state index contributed by atoms with van der Waals surface area (Å²) in [7, 11) is 1.66. The van der Waals surface area contributed by atoms with Crippen LogP contribution in [0.25, 0.3) is 0 Å². The summed E-state index contributed by atoms with van der Waals surface area (Å²) in [6.45, 7) is 0. The Morgan fingerprint density at radius 1 is 1.44 bits per heavy atom. The molecule has 2 unspecified atom stereocenters. The highest BCUT2D eigenvalue weighted by molar-refractivity contribution is 5.89. The fraction of sp³-hybridized carbons (Fsp3) is 0.538. The molecule has 1 heterocycles. The van der Waals surface area contributed by atoms with E-state index in [-0.39, 0.29) is 17.8 Å². The molecular weight excluding hydrogens is 237 g/mol. The molecule has 0 saturated heterocycles. The van der Waals surface area contributed by atoms with Crippen molar-refractivity contribution in [2.75, 3.05) is 7.11 Å². The van der Waals surface area contributed by atoms with Gasteiger partial charge in [0.15, 0.2) is 0 Å². The van der Waals surface area contributed by atoms with Crippen LogP contribution in [0.5, 0.6) is 0 Å². The van der Waals surface area contributed by atoms with E-state index in [1.54, 1.807) is 7.11 Å². The third-order valence-electron chi connectivity index (χ3n) is 3.15. The van der Waals surface area contributed by atoms with Crippen LogP contribution in [-0.2, 0) is 9.47 Å². The van der Waals surface area contributed by atoms with Crippen LogP contribution in [0.1, 0.15) is 36.0 Å². The topological polar surface area (TPSA) is 48.4 Å². The van der Waals surface area contributed by atoms with E-state index < -0.39 is 11.9 Å². The normalized spacial score (nSPS) is 23.7. The molecule has 0 radical (unpaired) electrons. The Bertz CT molecular complexity index is 424. The van der Waals surface area contributed by atoms with Gasteiger partial charge in [-0.2, -0.15) is 4.39 Å². The zero-order valence-electron chi connectivity index (χ0n) is 10.3. The van der Waals surface area contributed by atoms with Gasteiger partial charge in [0, 0.05) is 25.8 Å². The van der Waals surface area contributed by atoms with Crippen LogP contribution in [0.3, 0.4) is 0 Å². The maximum atomic E-state index is 12.9. The second-order valence-electron chi connectivity index (χ2n) is 4.42. The number of halogens is 1. The lowest BCUT2D eigenvalue weighted by Gasteiger charge is -2.27. The van der Waals surface area contributed by atoms with Gasteiger partial charge in [-0.15, -0.1) is 0 Å². The molecule has 2 rings (SSSR count). The van der Waals surface area contributed by atoms with Gasteiger partial charge in [-0.3, -0.25) is 0 Å². The van der Waals surface area contributed by atoms with Gasteiger partial charge in [0.2, 0.25) is 5.95 Å². The lowest BCUT2D eigenvalue weighted by atomic mass is 9.95. The van der Waals surface area contributed by atoms with Crippen molar-refractivity contribution >= 4 is 5.97 Å². The summed E-state index contributed by atoms with van der Waals surface area (Å²) in [5.41, 5.74) is 0.196. The van der Waals surface area contributed by atoms with Crippen molar-refractivity contribution in [3.8, 4) is 0 Å².